The smallest absolute Gasteiger partial charge is 0.416 e. The van der Waals surface area contributed by atoms with Gasteiger partial charge in [0, 0.05) is 24.7 Å². The van der Waals surface area contributed by atoms with Crippen molar-refractivity contribution in [2.45, 2.75) is 63.3 Å². The van der Waals surface area contributed by atoms with Gasteiger partial charge in [-0.3, -0.25) is 9.69 Å². The maximum absolute atomic E-state index is 13.1. The zero-order chi connectivity index (χ0) is 19.6. The van der Waals surface area contributed by atoms with Crippen molar-refractivity contribution < 1.29 is 23.1 Å². The lowest BCUT2D eigenvalue weighted by molar-refractivity contribution is -0.140. The molecule has 0 saturated heterocycles. The molecule has 2 aliphatic carbocycles. The average molecular weight is 384 g/mol. The average Bonchev–Trinajstić information content (AvgIpc) is 3.33. The van der Waals surface area contributed by atoms with Gasteiger partial charge in [0.2, 0.25) is 0 Å². The van der Waals surface area contributed by atoms with E-state index in [1.807, 2.05) is 6.92 Å². The number of nitrogens with one attached hydrogen (secondary N) is 1. The molecule has 1 unspecified atom stereocenters. The van der Waals surface area contributed by atoms with Crippen LogP contribution in [0.15, 0.2) is 24.3 Å². The first-order valence-corrected chi connectivity index (χ1v) is 9.59. The zero-order valence-electron chi connectivity index (χ0n) is 15.5. The maximum Gasteiger partial charge on any atom is 0.416 e. The van der Waals surface area contributed by atoms with Crippen LogP contribution in [0.1, 0.15) is 43.7 Å². The molecule has 3 rings (SSSR count). The fourth-order valence-corrected chi connectivity index (χ4v) is 3.94. The maximum atomic E-state index is 13.1. The van der Waals surface area contributed by atoms with Crippen LogP contribution in [0, 0.1) is 5.92 Å². The van der Waals surface area contributed by atoms with Crippen LogP contribution in [0.3, 0.4) is 0 Å². The van der Waals surface area contributed by atoms with Crippen LogP contribution in [0.5, 0.6) is 0 Å². The van der Waals surface area contributed by atoms with Gasteiger partial charge in [-0.25, -0.2) is 0 Å². The van der Waals surface area contributed by atoms with Crippen molar-refractivity contribution in [1.29, 1.82) is 0 Å². The van der Waals surface area contributed by atoms with Crippen LogP contribution in [0.25, 0.3) is 0 Å². The van der Waals surface area contributed by atoms with E-state index in [0.29, 0.717) is 17.9 Å². The molecule has 150 valence electrons. The number of nitrogens with zero attached hydrogens (tertiary/aromatic N) is 1. The first-order valence-electron chi connectivity index (χ1n) is 9.59. The Kier molecular flexibility index (Phi) is 6.11. The van der Waals surface area contributed by atoms with Crippen LogP contribution in [0.4, 0.5) is 13.2 Å². The summed E-state index contributed by atoms with van der Waals surface area (Å²) in [6.45, 7) is 2.82. The van der Waals surface area contributed by atoms with E-state index in [-0.39, 0.29) is 24.7 Å². The van der Waals surface area contributed by atoms with Gasteiger partial charge in [-0.2, -0.15) is 13.2 Å². The fraction of sp³-hybridized carbons (Fsp3) is 0.650. The Labute approximate surface area is 157 Å². The van der Waals surface area contributed by atoms with Gasteiger partial charge in [0.05, 0.1) is 12.1 Å². The van der Waals surface area contributed by atoms with E-state index in [0.717, 1.165) is 25.5 Å². The minimum atomic E-state index is -4.34. The normalized spacial score (nSPS) is 23.9. The van der Waals surface area contributed by atoms with Crippen molar-refractivity contribution in [3.05, 3.63) is 35.4 Å². The monoisotopic (exact) mass is 384 g/mol. The molecule has 0 aliphatic heterocycles. The number of rotatable bonds is 9. The summed E-state index contributed by atoms with van der Waals surface area (Å²) < 4.78 is 39.4. The Balaban J connectivity index is 1.49. The van der Waals surface area contributed by atoms with Crippen molar-refractivity contribution in [3.8, 4) is 0 Å². The standard InChI is InChI=1S/C20H27F3N2O2/c1-13(8-15-4-2-3-5-18(15)20(21,22)23)24-16-9-17(10-16)25(12-19(26)27)11-14-6-7-14/h2-5,13-14,16-17,24H,6-12H2,1H3,(H,26,27). The molecule has 1 aromatic carbocycles. The number of benzene rings is 1. The predicted molar refractivity (Wildman–Crippen MR) is 96.5 cm³/mol. The third-order valence-electron chi connectivity index (χ3n) is 5.53. The van der Waals surface area contributed by atoms with E-state index in [2.05, 4.69) is 10.2 Å². The van der Waals surface area contributed by atoms with E-state index in [1.54, 1.807) is 6.07 Å². The van der Waals surface area contributed by atoms with Crippen molar-refractivity contribution in [1.82, 2.24) is 10.2 Å². The highest BCUT2D eigenvalue weighted by atomic mass is 19.4. The molecule has 0 spiro atoms. The summed E-state index contributed by atoms with van der Waals surface area (Å²) in [5, 5.41) is 12.5. The molecule has 1 aromatic rings. The van der Waals surface area contributed by atoms with Gasteiger partial charge in [-0.1, -0.05) is 18.2 Å². The molecule has 1 atom stereocenters. The third kappa shape index (κ3) is 5.69. The third-order valence-corrected chi connectivity index (χ3v) is 5.53. The number of carbonyl (C=O) groups is 1. The van der Waals surface area contributed by atoms with Crippen molar-refractivity contribution in [2.24, 2.45) is 5.92 Å². The zero-order valence-corrected chi connectivity index (χ0v) is 15.5. The van der Waals surface area contributed by atoms with Gasteiger partial charge in [-0.15, -0.1) is 0 Å². The molecule has 2 aliphatic rings. The Morgan fingerprint density at radius 1 is 1.30 bits per heavy atom. The second-order valence-corrected chi connectivity index (χ2v) is 8.02. The Bertz CT molecular complexity index is 655. The summed E-state index contributed by atoms with van der Waals surface area (Å²) in [4.78, 5) is 13.1. The molecule has 0 heterocycles. The topological polar surface area (TPSA) is 52.6 Å². The summed E-state index contributed by atoms with van der Waals surface area (Å²) >= 11 is 0. The lowest BCUT2D eigenvalue weighted by Gasteiger charge is -2.44. The highest BCUT2D eigenvalue weighted by Crippen LogP contribution is 2.35. The van der Waals surface area contributed by atoms with Gasteiger partial charge in [0.1, 0.15) is 0 Å². The lowest BCUT2D eigenvalue weighted by Crippen LogP contribution is -2.56. The summed E-state index contributed by atoms with van der Waals surface area (Å²) in [6.07, 6.45) is 0.0482. The first-order chi connectivity index (χ1) is 12.7. The molecular weight excluding hydrogens is 357 g/mol. The number of hydrogen-bond donors (Lipinski definition) is 2. The number of alkyl halides is 3. The fourth-order valence-electron chi connectivity index (χ4n) is 3.94. The quantitative estimate of drug-likeness (QED) is 0.684. The highest BCUT2D eigenvalue weighted by Gasteiger charge is 2.38. The van der Waals surface area contributed by atoms with Gasteiger partial charge < -0.3 is 10.4 Å². The molecule has 0 bridgehead atoms. The lowest BCUT2D eigenvalue weighted by atomic mass is 9.84. The van der Waals surface area contributed by atoms with Crippen LogP contribution < -0.4 is 5.32 Å². The van der Waals surface area contributed by atoms with Crippen LogP contribution in [-0.4, -0.2) is 47.2 Å². The molecule has 2 fully saturated rings. The van der Waals surface area contributed by atoms with E-state index in [1.165, 1.54) is 25.0 Å². The molecule has 2 N–H and O–H groups in total. The highest BCUT2D eigenvalue weighted by molar-refractivity contribution is 5.69. The largest absolute Gasteiger partial charge is 0.480 e. The molecule has 27 heavy (non-hydrogen) atoms. The van der Waals surface area contributed by atoms with Crippen LogP contribution in [0.2, 0.25) is 0 Å². The SMILES string of the molecule is CC(Cc1ccccc1C(F)(F)F)NC1CC(N(CC(=O)O)CC2CC2)C1. The predicted octanol–water partition coefficient (Wildman–Crippen LogP) is 3.55. The van der Waals surface area contributed by atoms with E-state index in [4.69, 9.17) is 5.11 Å². The molecule has 0 aromatic heterocycles. The van der Waals surface area contributed by atoms with Crippen molar-refractivity contribution in [2.75, 3.05) is 13.1 Å². The number of carboxylic acid groups (broad SMARTS) is 1. The van der Waals surface area contributed by atoms with Crippen molar-refractivity contribution in [3.63, 3.8) is 0 Å². The van der Waals surface area contributed by atoms with E-state index in [9.17, 15) is 18.0 Å². The Morgan fingerprint density at radius 2 is 1.96 bits per heavy atom. The summed E-state index contributed by atoms with van der Waals surface area (Å²) in [7, 11) is 0. The first kappa shape index (κ1) is 20.1. The number of hydrogen-bond acceptors (Lipinski definition) is 3. The van der Waals surface area contributed by atoms with Crippen LogP contribution >= 0.6 is 0 Å². The van der Waals surface area contributed by atoms with E-state index >= 15 is 0 Å². The summed E-state index contributed by atoms with van der Waals surface area (Å²) in [6, 6.07) is 6.14. The molecule has 7 heteroatoms. The molecule has 0 radical (unpaired) electrons. The van der Waals surface area contributed by atoms with E-state index < -0.39 is 17.7 Å². The molecule has 4 nitrogen and oxygen atoms in total. The van der Waals surface area contributed by atoms with Gasteiger partial charge in [-0.05, 0) is 56.6 Å². The van der Waals surface area contributed by atoms with Crippen molar-refractivity contribution >= 4 is 5.97 Å². The number of carboxylic acids is 1. The van der Waals surface area contributed by atoms with Gasteiger partial charge in [0.25, 0.3) is 0 Å². The molecular formula is C20H27F3N2O2. The minimum absolute atomic E-state index is 0.0718. The second kappa shape index (κ2) is 8.19. The van der Waals surface area contributed by atoms with Gasteiger partial charge >= 0.3 is 12.1 Å². The Morgan fingerprint density at radius 3 is 2.56 bits per heavy atom. The number of aliphatic carboxylic acids is 1. The number of halogens is 3. The van der Waals surface area contributed by atoms with Crippen LogP contribution in [-0.2, 0) is 17.4 Å². The van der Waals surface area contributed by atoms with Gasteiger partial charge in [0.15, 0.2) is 0 Å². The molecule has 2 saturated carbocycles. The summed E-state index contributed by atoms with van der Waals surface area (Å²) in [5.74, 6) is -0.168. The molecule has 0 amide bonds. The minimum Gasteiger partial charge on any atom is -0.480 e. The Hall–Kier alpha value is -1.60. The summed E-state index contributed by atoms with van der Waals surface area (Å²) in [5.41, 5.74) is -0.260. The second-order valence-electron chi connectivity index (χ2n) is 8.02.